The third-order valence-corrected chi connectivity index (χ3v) is 7.07. The fourth-order valence-electron chi connectivity index (χ4n) is 2.41. The van der Waals surface area contributed by atoms with Gasteiger partial charge in [0.05, 0.1) is 41.7 Å². The molecule has 21 heavy (non-hydrogen) atoms. The summed E-state index contributed by atoms with van der Waals surface area (Å²) in [6.07, 6.45) is 0.384. The molecule has 0 amide bonds. The van der Waals surface area contributed by atoms with E-state index >= 15 is 0 Å². The molecule has 1 aliphatic heterocycles. The molecule has 0 unspecified atom stereocenters. The zero-order valence-electron chi connectivity index (χ0n) is 10.4. The fraction of sp³-hybridized carbons (Fsp3) is 0.417. The number of benzene rings is 1. The normalized spacial score (nSPS) is 25.9. The van der Waals surface area contributed by atoms with Gasteiger partial charge in [-0.1, -0.05) is 23.2 Å². The summed E-state index contributed by atoms with van der Waals surface area (Å²) in [4.78, 5) is 4.38. The predicted molar refractivity (Wildman–Crippen MR) is 96.8 cm³/mol. The zero-order valence-corrected chi connectivity index (χ0v) is 16.3. The van der Waals surface area contributed by atoms with E-state index in [-0.39, 0.29) is 12.8 Å². The lowest BCUT2D eigenvalue weighted by Gasteiger charge is -2.15. The van der Waals surface area contributed by atoms with Crippen LogP contribution in [0, 0.1) is 7.14 Å². The van der Waals surface area contributed by atoms with Crippen LogP contribution in [0.2, 0.25) is 10.0 Å². The zero-order chi connectivity index (χ0) is 15.3. The van der Waals surface area contributed by atoms with Crippen LogP contribution in [0.1, 0.15) is 12.6 Å². The Balaban J connectivity index is 2.13. The minimum atomic E-state index is -0.697. The fourth-order valence-corrected chi connectivity index (χ4v) is 4.56. The number of nitrogens with zero attached hydrogens (tertiary/aromatic N) is 2. The van der Waals surface area contributed by atoms with Crippen molar-refractivity contribution in [1.29, 1.82) is 0 Å². The molecule has 114 valence electrons. The number of hydrogen-bond donors (Lipinski definition) is 2. The van der Waals surface area contributed by atoms with Crippen molar-refractivity contribution in [2.75, 3.05) is 6.61 Å². The van der Waals surface area contributed by atoms with Gasteiger partial charge in [0.2, 0.25) is 0 Å². The molecular weight excluding hydrogens is 545 g/mol. The summed E-state index contributed by atoms with van der Waals surface area (Å²) >= 11 is 16.7. The van der Waals surface area contributed by atoms with Gasteiger partial charge in [0.15, 0.2) is 0 Å². The molecule has 1 fully saturated rings. The quantitative estimate of drug-likeness (QED) is 0.340. The number of imidazole rings is 1. The molecule has 3 rings (SSSR count). The standard InChI is InChI=1S/C12H10Cl2I2N2O3/c13-7-8(14)10(16)12-11(9(7)15)17-3-18(12)6-1-4(20)5(2-19)21-6/h3-6,19-20H,1-2H2/t4-,5+,6+/m0/s1. The van der Waals surface area contributed by atoms with Gasteiger partial charge in [-0.2, -0.15) is 0 Å². The second kappa shape index (κ2) is 6.25. The minimum Gasteiger partial charge on any atom is -0.394 e. The lowest BCUT2D eigenvalue weighted by atomic mass is 10.2. The van der Waals surface area contributed by atoms with E-state index in [4.69, 9.17) is 27.9 Å². The van der Waals surface area contributed by atoms with Gasteiger partial charge in [-0.15, -0.1) is 0 Å². The molecule has 2 aromatic rings. The second-order valence-electron chi connectivity index (χ2n) is 4.72. The van der Waals surface area contributed by atoms with Crippen molar-refractivity contribution in [3.05, 3.63) is 23.5 Å². The summed E-state index contributed by atoms with van der Waals surface area (Å²) in [5, 5.41) is 20.0. The molecule has 0 radical (unpaired) electrons. The van der Waals surface area contributed by atoms with E-state index in [2.05, 4.69) is 50.2 Å². The second-order valence-corrected chi connectivity index (χ2v) is 7.63. The predicted octanol–water partition coefficient (Wildman–Crippen LogP) is 3.19. The first-order valence-electron chi connectivity index (χ1n) is 6.08. The van der Waals surface area contributed by atoms with E-state index in [1.807, 2.05) is 4.57 Å². The third-order valence-electron chi connectivity index (χ3n) is 3.48. The number of halogens is 4. The Bertz CT molecular complexity index is 710. The van der Waals surface area contributed by atoms with Crippen LogP contribution in [-0.2, 0) is 4.74 Å². The number of rotatable bonds is 2. The van der Waals surface area contributed by atoms with Crippen LogP contribution >= 0.6 is 68.4 Å². The highest BCUT2D eigenvalue weighted by Gasteiger charge is 2.35. The molecule has 2 heterocycles. The molecule has 3 atom stereocenters. The smallest absolute Gasteiger partial charge is 0.138 e. The Labute approximate surface area is 157 Å². The molecule has 0 spiro atoms. The van der Waals surface area contributed by atoms with Crippen molar-refractivity contribution in [3.8, 4) is 0 Å². The van der Waals surface area contributed by atoms with Gasteiger partial charge in [-0.3, -0.25) is 0 Å². The molecule has 0 aliphatic carbocycles. The Morgan fingerprint density at radius 2 is 2.00 bits per heavy atom. The summed E-state index contributed by atoms with van der Waals surface area (Å²) in [5.74, 6) is 0. The van der Waals surface area contributed by atoms with E-state index in [9.17, 15) is 10.2 Å². The number of aliphatic hydroxyl groups excluding tert-OH is 2. The Kier molecular flexibility index (Phi) is 4.90. The highest BCUT2D eigenvalue weighted by Crippen LogP contribution is 2.40. The van der Waals surface area contributed by atoms with Gasteiger partial charge in [-0.05, 0) is 45.2 Å². The van der Waals surface area contributed by atoms with Crippen LogP contribution in [0.3, 0.4) is 0 Å². The molecular formula is C12H10Cl2I2N2O3. The highest BCUT2D eigenvalue weighted by molar-refractivity contribution is 14.1. The molecule has 2 N–H and O–H groups in total. The van der Waals surface area contributed by atoms with Crippen molar-refractivity contribution in [2.24, 2.45) is 0 Å². The molecule has 0 bridgehead atoms. The van der Waals surface area contributed by atoms with E-state index < -0.39 is 12.2 Å². The molecule has 1 aromatic heterocycles. The Morgan fingerprint density at radius 1 is 1.33 bits per heavy atom. The maximum atomic E-state index is 9.88. The SMILES string of the molecule is OC[C@H]1O[C@@H](n2cnc3c(I)c(Cl)c(Cl)c(I)c32)C[C@@H]1O. The lowest BCUT2D eigenvalue weighted by Crippen LogP contribution is -2.24. The van der Waals surface area contributed by atoms with Gasteiger partial charge in [0.1, 0.15) is 17.8 Å². The molecule has 9 heteroatoms. The van der Waals surface area contributed by atoms with Gasteiger partial charge < -0.3 is 19.5 Å². The van der Waals surface area contributed by atoms with E-state index in [1.165, 1.54) is 0 Å². The average molecular weight is 555 g/mol. The lowest BCUT2D eigenvalue weighted by molar-refractivity contribution is -0.0430. The number of hydrogen-bond acceptors (Lipinski definition) is 4. The largest absolute Gasteiger partial charge is 0.394 e. The Morgan fingerprint density at radius 3 is 2.62 bits per heavy atom. The molecule has 1 aromatic carbocycles. The van der Waals surface area contributed by atoms with Crippen molar-refractivity contribution in [1.82, 2.24) is 9.55 Å². The molecule has 5 nitrogen and oxygen atoms in total. The highest BCUT2D eigenvalue weighted by atomic mass is 127. The van der Waals surface area contributed by atoms with Crippen molar-refractivity contribution >= 4 is 79.4 Å². The topological polar surface area (TPSA) is 67.5 Å². The summed E-state index contributed by atoms with van der Waals surface area (Å²) in [6, 6.07) is 0. The first-order valence-corrected chi connectivity index (χ1v) is 9.00. The monoisotopic (exact) mass is 554 g/mol. The first kappa shape index (κ1) is 16.5. The minimum absolute atomic E-state index is 0.217. The number of fused-ring (bicyclic) bond motifs is 1. The van der Waals surface area contributed by atoms with E-state index in [1.54, 1.807) is 6.33 Å². The third kappa shape index (κ3) is 2.68. The average Bonchev–Trinajstić information content (AvgIpc) is 3.06. The maximum Gasteiger partial charge on any atom is 0.138 e. The van der Waals surface area contributed by atoms with Crippen molar-refractivity contribution in [2.45, 2.75) is 24.9 Å². The summed E-state index contributed by atoms with van der Waals surface area (Å²) < 4.78 is 9.09. The maximum absolute atomic E-state index is 9.88. The van der Waals surface area contributed by atoms with Gasteiger partial charge in [0.25, 0.3) is 0 Å². The summed E-state index contributed by atoms with van der Waals surface area (Å²) in [7, 11) is 0. The van der Waals surface area contributed by atoms with Crippen LogP contribution in [0.15, 0.2) is 6.33 Å². The number of ether oxygens (including phenoxy) is 1. The number of aromatic nitrogens is 2. The van der Waals surface area contributed by atoms with Gasteiger partial charge >= 0.3 is 0 Å². The molecule has 1 saturated heterocycles. The summed E-state index contributed by atoms with van der Waals surface area (Å²) in [6.45, 7) is -0.217. The Hall–Kier alpha value is 0.610. The molecule has 0 saturated carbocycles. The summed E-state index contributed by atoms with van der Waals surface area (Å²) in [5.41, 5.74) is 1.57. The number of aliphatic hydroxyl groups is 2. The van der Waals surface area contributed by atoms with E-state index in [0.717, 1.165) is 18.2 Å². The first-order chi connectivity index (χ1) is 9.95. The van der Waals surface area contributed by atoms with Crippen LogP contribution in [0.4, 0.5) is 0 Å². The van der Waals surface area contributed by atoms with Gasteiger partial charge in [0, 0.05) is 6.42 Å². The van der Waals surface area contributed by atoms with Crippen molar-refractivity contribution in [3.63, 3.8) is 0 Å². The van der Waals surface area contributed by atoms with Crippen LogP contribution in [0.25, 0.3) is 11.0 Å². The van der Waals surface area contributed by atoms with Gasteiger partial charge in [-0.25, -0.2) is 4.98 Å². The van der Waals surface area contributed by atoms with E-state index in [0.29, 0.717) is 16.5 Å². The van der Waals surface area contributed by atoms with Crippen molar-refractivity contribution < 1.29 is 14.9 Å². The van der Waals surface area contributed by atoms with Crippen LogP contribution in [0.5, 0.6) is 0 Å². The van der Waals surface area contributed by atoms with Crippen LogP contribution < -0.4 is 0 Å². The molecule has 1 aliphatic rings. The van der Waals surface area contributed by atoms with Crippen LogP contribution in [-0.4, -0.2) is 38.6 Å².